The summed E-state index contributed by atoms with van der Waals surface area (Å²) >= 11 is -1.85. The highest BCUT2D eigenvalue weighted by Gasteiger charge is 2.20. The number of carbonyl (C=O) groups excluding carboxylic acids is 1. The van der Waals surface area contributed by atoms with Gasteiger partial charge in [-0.1, -0.05) is 12.1 Å². The number of carbonyl (C=O) groups is 1. The van der Waals surface area contributed by atoms with Crippen molar-refractivity contribution in [2.24, 2.45) is 0 Å². The predicted molar refractivity (Wildman–Crippen MR) is 107 cm³/mol. The third kappa shape index (κ3) is 4.47. The number of aromatic hydroxyl groups is 3. The Balaban J connectivity index is 1.81. The van der Waals surface area contributed by atoms with Crippen LogP contribution in [0.15, 0.2) is 36.4 Å². The topological polar surface area (TPSA) is 154 Å². The average molecular weight is 417 g/mol. The van der Waals surface area contributed by atoms with Gasteiger partial charge in [0.2, 0.25) is 11.6 Å². The molecule has 0 spiro atoms. The molecule has 152 valence electrons. The van der Waals surface area contributed by atoms with E-state index in [0.717, 1.165) is 0 Å². The van der Waals surface area contributed by atoms with E-state index in [4.69, 9.17) is 0 Å². The van der Waals surface area contributed by atoms with Crippen LogP contribution in [-0.2, 0) is 6.54 Å². The quantitative estimate of drug-likeness (QED) is 0.300. The number of phenols is 3. The molecule has 1 atom stereocenters. The maximum atomic E-state index is 12.2. The fourth-order valence-corrected chi connectivity index (χ4v) is 3.15. The first-order chi connectivity index (χ1) is 13.8. The zero-order chi connectivity index (χ0) is 21.1. The molecule has 1 aromatic heterocycles. The van der Waals surface area contributed by atoms with E-state index >= 15 is 0 Å². The normalized spacial score (nSPS) is 11.2. The standard InChI is InChI=1S/C18H19N5O5S/c1-23(2)18(27)11-4-3-5-12(15(11)26)20-17-16(21-29(28)22-17)19-9-10-6-7-13(24)14(25)8-10/h3-8,24-26H,9H2,1-2H3,(H,19,21)(H,20,22). The number of nitrogens with one attached hydrogen (secondary N) is 2. The minimum atomic E-state index is -1.85. The number of phenolic OH excluding ortho intramolecular Hbond substituents is 3. The SMILES string of the molecule is CN(C)C(=O)c1cccc(Nc2n[s+]([O-])nc2NCc2ccc(O)c(O)c2)c1O. The Labute approximate surface area is 169 Å². The van der Waals surface area contributed by atoms with Crippen LogP contribution in [0.1, 0.15) is 15.9 Å². The molecule has 0 radical (unpaired) electrons. The number of hydrogen-bond donors (Lipinski definition) is 5. The summed E-state index contributed by atoms with van der Waals surface area (Å²) in [4.78, 5) is 13.5. The molecule has 0 aliphatic rings. The number of rotatable bonds is 6. The van der Waals surface area contributed by atoms with E-state index in [1.807, 2.05) is 0 Å². The van der Waals surface area contributed by atoms with Crippen LogP contribution in [0, 0.1) is 0 Å². The molecule has 11 heteroatoms. The highest BCUT2D eigenvalue weighted by molar-refractivity contribution is 7.14. The van der Waals surface area contributed by atoms with Gasteiger partial charge in [-0.2, -0.15) is 0 Å². The third-order valence-corrected chi connectivity index (χ3v) is 4.67. The molecule has 10 nitrogen and oxygen atoms in total. The number of para-hydroxylation sites is 1. The first-order valence-corrected chi connectivity index (χ1v) is 9.47. The van der Waals surface area contributed by atoms with Crippen molar-refractivity contribution in [1.82, 2.24) is 13.6 Å². The van der Waals surface area contributed by atoms with Crippen molar-refractivity contribution in [3.63, 3.8) is 0 Å². The lowest BCUT2D eigenvalue weighted by Gasteiger charge is -2.14. The molecule has 29 heavy (non-hydrogen) atoms. The Kier molecular flexibility index (Phi) is 5.71. The number of hydrogen-bond acceptors (Lipinski definition) is 9. The summed E-state index contributed by atoms with van der Waals surface area (Å²) in [5, 5.41) is 35.1. The summed E-state index contributed by atoms with van der Waals surface area (Å²) in [5.74, 6) is -0.840. The fraction of sp³-hybridized carbons (Fsp3) is 0.167. The molecule has 3 rings (SSSR count). The molecule has 0 aliphatic heterocycles. The van der Waals surface area contributed by atoms with Crippen LogP contribution in [0.25, 0.3) is 0 Å². The zero-order valence-corrected chi connectivity index (χ0v) is 16.4. The molecule has 1 amide bonds. The third-order valence-electron chi connectivity index (χ3n) is 3.99. The summed E-state index contributed by atoms with van der Waals surface area (Å²) in [6, 6.07) is 8.94. The summed E-state index contributed by atoms with van der Waals surface area (Å²) < 4.78 is 19.5. The molecule has 0 saturated heterocycles. The van der Waals surface area contributed by atoms with Gasteiger partial charge in [0.15, 0.2) is 28.4 Å². The first-order valence-electron chi connectivity index (χ1n) is 8.41. The average Bonchev–Trinajstić information content (AvgIpc) is 3.03. The van der Waals surface area contributed by atoms with E-state index in [-0.39, 0.29) is 52.6 Å². The summed E-state index contributed by atoms with van der Waals surface area (Å²) in [5.41, 5.74) is 0.944. The minimum Gasteiger partial charge on any atom is -0.546 e. The van der Waals surface area contributed by atoms with E-state index < -0.39 is 11.1 Å². The molecule has 0 saturated carbocycles. The molecule has 0 aliphatic carbocycles. The summed E-state index contributed by atoms with van der Waals surface area (Å²) in [6.07, 6.45) is 0. The van der Waals surface area contributed by atoms with Gasteiger partial charge in [-0.15, -0.1) is 0 Å². The maximum Gasteiger partial charge on any atom is 0.257 e. The second-order valence-corrected chi connectivity index (χ2v) is 7.14. The molecular formula is C18H19N5O5S. The van der Waals surface area contributed by atoms with Crippen molar-refractivity contribution < 1.29 is 24.7 Å². The van der Waals surface area contributed by atoms with Gasteiger partial charge in [-0.05, 0) is 29.8 Å². The van der Waals surface area contributed by atoms with Crippen LogP contribution < -0.4 is 10.6 Å². The van der Waals surface area contributed by atoms with Crippen LogP contribution in [0.3, 0.4) is 0 Å². The van der Waals surface area contributed by atoms with Gasteiger partial charge in [-0.25, -0.2) is 0 Å². The lowest BCUT2D eigenvalue weighted by Crippen LogP contribution is -2.21. The van der Waals surface area contributed by atoms with Crippen molar-refractivity contribution in [3.8, 4) is 17.2 Å². The van der Waals surface area contributed by atoms with E-state index in [0.29, 0.717) is 5.56 Å². The molecule has 2 aromatic carbocycles. The van der Waals surface area contributed by atoms with E-state index in [1.165, 1.54) is 23.1 Å². The highest BCUT2D eigenvalue weighted by atomic mass is 32.2. The zero-order valence-electron chi connectivity index (χ0n) is 15.6. The van der Waals surface area contributed by atoms with Crippen LogP contribution in [0.2, 0.25) is 0 Å². The van der Waals surface area contributed by atoms with Crippen LogP contribution >= 0.6 is 11.1 Å². The first kappa shape index (κ1) is 20.2. The van der Waals surface area contributed by atoms with Crippen LogP contribution in [-0.4, -0.2) is 53.5 Å². The fourth-order valence-electron chi connectivity index (χ4n) is 2.51. The van der Waals surface area contributed by atoms with Crippen LogP contribution in [0.5, 0.6) is 17.2 Å². The Morgan fingerprint density at radius 3 is 2.52 bits per heavy atom. The highest BCUT2D eigenvalue weighted by Crippen LogP contribution is 2.34. The van der Waals surface area contributed by atoms with Gasteiger partial charge in [-0.3, -0.25) is 4.79 Å². The molecule has 3 aromatic rings. The maximum absolute atomic E-state index is 12.2. The van der Waals surface area contributed by atoms with Crippen molar-refractivity contribution in [1.29, 1.82) is 0 Å². The lowest BCUT2D eigenvalue weighted by molar-refractivity contribution is 0.0824. The van der Waals surface area contributed by atoms with E-state index in [2.05, 4.69) is 19.4 Å². The number of nitrogens with zero attached hydrogens (tertiary/aromatic N) is 3. The molecular weight excluding hydrogens is 398 g/mol. The van der Waals surface area contributed by atoms with Gasteiger partial charge in [0.05, 0.1) is 11.3 Å². The smallest absolute Gasteiger partial charge is 0.257 e. The van der Waals surface area contributed by atoms with Gasteiger partial charge in [0, 0.05) is 29.4 Å². The summed E-state index contributed by atoms with van der Waals surface area (Å²) in [6.45, 7) is 0.204. The number of aromatic nitrogens is 2. The minimum absolute atomic E-state index is 0.103. The van der Waals surface area contributed by atoms with Gasteiger partial charge in [0.1, 0.15) is 0 Å². The summed E-state index contributed by atoms with van der Waals surface area (Å²) in [7, 11) is 3.14. The Bertz CT molecular complexity index is 1050. The van der Waals surface area contributed by atoms with Crippen molar-refractivity contribution in [2.75, 3.05) is 24.7 Å². The Hall–Kier alpha value is -3.57. The number of anilines is 3. The molecule has 1 unspecified atom stereocenters. The number of benzene rings is 2. The van der Waals surface area contributed by atoms with Gasteiger partial charge in [0.25, 0.3) is 5.91 Å². The largest absolute Gasteiger partial charge is 0.546 e. The number of amides is 1. The van der Waals surface area contributed by atoms with Crippen molar-refractivity contribution >= 4 is 34.4 Å². The second kappa shape index (κ2) is 8.20. The van der Waals surface area contributed by atoms with Crippen molar-refractivity contribution in [3.05, 3.63) is 47.5 Å². The van der Waals surface area contributed by atoms with Crippen LogP contribution in [0.4, 0.5) is 17.3 Å². The Morgan fingerprint density at radius 2 is 1.83 bits per heavy atom. The van der Waals surface area contributed by atoms with Crippen molar-refractivity contribution in [2.45, 2.75) is 6.54 Å². The molecule has 1 heterocycles. The van der Waals surface area contributed by atoms with Gasteiger partial charge >= 0.3 is 0 Å². The predicted octanol–water partition coefficient (Wildman–Crippen LogP) is 2.38. The molecule has 5 N–H and O–H groups in total. The molecule has 0 bridgehead atoms. The Morgan fingerprint density at radius 1 is 1.10 bits per heavy atom. The van der Waals surface area contributed by atoms with E-state index in [1.54, 1.807) is 32.3 Å². The second-order valence-electron chi connectivity index (χ2n) is 6.31. The van der Waals surface area contributed by atoms with E-state index in [9.17, 15) is 24.7 Å². The van der Waals surface area contributed by atoms with Gasteiger partial charge < -0.3 is 35.4 Å². The monoisotopic (exact) mass is 417 g/mol. The molecule has 0 fully saturated rings. The lowest BCUT2D eigenvalue weighted by atomic mass is 10.1.